The topological polar surface area (TPSA) is 47.6 Å². The quantitative estimate of drug-likeness (QED) is 0.769. The van der Waals surface area contributed by atoms with Crippen LogP contribution >= 0.6 is 24.0 Å². The highest BCUT2D eigenvalue weighted by atomic mass is 35.5. The van der Waals surface area contributed by atoms with Crippen LogP contribution in [-0.2, 0) is 16.0 Å². The molecule has 3 rings (SSSR count). The van der Waals surface area contributed by atoms with Gasteiger partial charge in [0.05, 0.1) is 12.6 Å². The predicted octanol–water partition coefficient (Wildman–Crippen LogP) is 4.08. The van der Waals surface area contributed by atoms with E-state index in [1.54, 1.807) is 25.1 Å². The Morgan fingerprint density at radius 2 is 2.08 bits per heavy atom. The number of esters is 1. The molecule has 0 bridgehead atoms. The number of fused-ring (bicyclic) bond motifs is 1. The van der Waals surface area contributed by atoms with Crippen molar-refractivity contribution in [2.24, 2.45) is 0 Å². The third kappa shape index (κ3) is 4.67. The minimum Gasteiger partial charge on any atom is -0.482 e. The van der Waals surface area contributed by atoms with Gasteiger partial charge >= 0.3 is 5.97 Å². The van der Waals surface area contributed by atoms with E-state index in [-0.39, 0.29) is 30.9 Å². The number of carbonyl (C=O) groups is 1. The molecule has 0 saturated carbocycles. The molecule has 26 heavy (non-hydrogen) atoms. The number of ether oxygens (including phenoxy) is 2. The summed E-state index contributed by atoms with van der Waals surface area (Å²) >= 11 is 6.16. The molecule has 1 atom stereocenters. The summed E-state index contributed by atoms with van der Waals surface area (Å²) in [6.07, 6.45) is 0.825. The number of hydrogen-bond donors (Lipinski definition) is 1. The van der Waals surface area contributed by atoms with Crippen LogP contribution in [0.15, 0.2) is 36.4 Å². The van der Waals surface area contributed by atoms with E-state index in [2.05, 4.69) is 5.32 Å². The standard InChI is InChI=1S/C19H19ClFNO3.ClH/c1-2-24-18(23)11-25-17-6-4-13(20)9-16(17)19-15-10-14(21)5-3-12(15)7-8-22-19;/h3-6,9-10,19,22H,2,7-8,11H2,1H3;1H. The van der Waals surface area contributed by atoms with Crippen molar-refractivity contribution in [1.82, 2.24) is 5.32 Å². The molecule has 0 aliphatic carbocycles. The molecule has 1 aliphatic heterocycles. The fourth-order valence-electron chi connectivity index (χ4n) is 3.02. The van der Waals surface area contributed by atoms with E-state index in [9.17, 15) is 9.18 Å². The Bertz CT molecular complexity index is 785. The fourth-order valence-corrected chi connectivity index (χ4v) is 3.20. The molecule has 0 fully saturated rings. The molecule has 0 spiro atoms. The summed E-state index contributed by atoms with van der Waals surface area (Å²) in [5.74, 6) is -0.206. The Kier molecular flexibility index (Phi) is 7.26. The first-order valence-electron chi connectivity index (χ1n) is 8.18. The molecule has 0 amide bonds. The predicted molar refractivity (Wildman–Crippen MR) is 101 cm³/mol. The summed E-state index contributed by atoms with van der Waals surface area (Å²) in [5, 5.41) is 3.92. The largest absolute Gasteiger partial charge is 0.482 e. The van der Waals surface area contributed by atoms with E-state index in [4.69, 9.17) is 21.1 Å². The lowest BCUT2D eigenvalue weighted by Gasteiger charge is -2.28. The number of hydrogen-bond acceptors (Lipinski definition) is 4. The highest BCUT2D eigenvalue weighted by Crippen LogP contribution is 2.36. The van der Waals surface area contributed by atoms with E-state index in [1.807, 2.05) is 6.07 Å². The molecule has 0 radical (unpaired) electrons. The summed E-state index contributed by atoms with van der Waals surface area (Å²) in [6.45, 7) is 2.61. The monoisotopic (exact) mass is 399 g/mol. The maximum absolute atomic E-state index is 13.8. The van der Waals surface area contributed by atoms with Gasteiger partial charge in [-0.25, -0.2) is 9.18 Å². The van der Waals surface area contributed by atoms with Crippen molar-refractivity contribution in [2.45, 2.75) is 19.4 Å². The third-order valence-corrected chi connectivity index (χ3v) is 4.33. The van der Waals surface area contributed by atoms with Crippen molar-refractivity contribution in [2.75, 3.05) is 19.8 Å². The molecule has 0 saturated heterocycles. The normalized spacial score (nSPS) is 15.6. The van der Waals surface area contributed by atoms with Gasteiger partial charge in [0.2, 0.25) is 0 Å². The molecule has 2 aromatic rings. The number of nitrogens with one attached hydrogen (secondary N) is 1. The summed E-state index contributed by atoms with van der Waals surface area (Å²) in [7, 11) is 0. The summed E-state index contributed by atoms with van der Waals surface area (Å²) < 4.78 is 24.3. The Labute approximate surface area is 163 Å². The van der Waals surface area contributed by atoms with Crippen molar-refractivity contribution in [3.05, 3.63) is 63.9 Å². The minimum absolute atomic E-state index is 0. The first kappa shape index (κ1) is 20.5. The molecule has 4 nitrogen and oxygen atoms in total. The van der Waals surface area contributed by atoms with E-state index < -0.39 is 5.97 Å². The molecule has 1 unspecified atom stereocenters. The van der Waals surface area contributed by atoms with Crippen LogP contribution in [0, 0.1) is 5.82 Å². The van der Waals surface area contributed by atoms with Gasteiger partial charge in [-0.2, -0.15) is 0 Å². The molecular formula is C19H20Cl2FNO3. The summed E-state index contributed by atoms with van der Waals surface area (Å²) in [6, 6.07) is 9.74. The van der Waals surface area contributed by atoms with Crippen molar-refractivity contribution in [3.63, 3.8) is 0 Å². The van der Waals surface area contributed by atoms with Gasteiger partial charge < -0.3 is 14.8 Å². The van der Waals surface area contributed by atoms with E-state index >= 15 is 0 Å². The van der Waals surface area contributed by atoms with Crippen molar-refractivity contribution >= 4 is 30.0 Å². The molecular weight excluding hydrogens is 380 g/mol. The second-order valence-electron chi connectivity index (χ2n) is 5.76. The summed E-state index contributed by atoms with van der Waals surface area (Å²) in [4.78, 5) is 11.6. The zero-order chi connectivity index (χ0) is 17.8. The third-order valence-electron chi connectivity index (χ3n) is 4.10. The van der Waals surface area contributed by atoms with Crippen LogP contribution in [0.1, 0.15) is 29.7 Å². The van der Waals surface area contributed by atoms with Gasteiger partial charge in [-0.3, -0.25) is 0 Å². The summed E-state index contributed by atoms with van der Waals surface area (Å²) in [5.41, 5.74) is 2.71. The Balaban J connectivity index is 0.00000243. The maximum Gasteiger partial charge on any atom is 0.344 e. The maximum atomic E-state index is 13.8. The molecule has 1 aliphatic rings. The van der Waals surface area contributed by atoms with Crippen LogP contribution in [0.4, 0.5) is 4.39 Å². The lowest BCUT2D eigenvalue weighted by atomic mass is 9.89. The average molecular weight is 400 g/mol. The first-order chi connectivity index (χ1) is 12.1. The lowest BCUT2D eigenvalue weighted by molar-refractivity contribution is -0.145. The minimum atomic E-state index is -0.438. The number of benzene rings is 2. The zero-order valence-corrected chi connectivity index (χ0v) is 15.8. The Hall–Kier alpha value is -1.82. The van der Waals surface area contributed by atoms with Crippen LogP contribution in [0.5, 0.6) is 5.75 Å². The smallest absolute Gasteiger partial charge is 0.344 e. The number of halogens is 3. The van der Waals surface area contributed by atoms with Gasteiger partial charge in [0, 0.05) is 17.1 Å². The molecule has 0 aromatic heterocycles. The molecule has 2 aromatic carbocycles. The zero-order valence-electron chi connectivity index (χ0n) is 14.3. The van der Waals surface area contributed by atoms with Gasteiger partial charge in [0.1, 0.15) is 11.6 Å². The van der Waals surface area contributed by atoms with Gasteiger partial charge in [-0.1, -0.05) is 17.7 Å². The van der Waals surface area contributed by atoms with Gasteiger partial charge in [-0.15, -0.1) is 12.4 Å². The van der Waals surface area contributed by atoms with E-state index in [1.165, 1.54) is 12.1 Å². The van der Waals surface area contributed by atoms with Crippen LogP contribution in [0.2, 0.25) is 5.02 Å². The highest BCUT2D eigenvalue weighted by molar-refractivity contribution is 6.30. The van der Waals surface area contributed by atoms with Crippen LogP contribution in [0.25, 0.3) is 0 Å². The van der Waals surface area contributed by atoms with Crippen molar-refractivity contribution in [1.29, 1.82) is 0 Å². The van der Waals surface area contributed by atoms with E-state index in [0.29, 0.717) is 17.4 Å². The van der Waals surface area contributed by atoms with Gasteiger partial charge in [0.15, 0.2) is 6.61 Å². The molecule has 140 valence electrons. The second-order valence-corrected chi connectivity index (χ2v) is 6.19. The molecule has 1 heterocycles. The SMILES string of the molecule is CCOC(=O)COc1ccc(Cl)cc1C1NCCc2ccc(F)cc21.Cl. The number of rotatable bonds is 5. The van der Waals surface area contributed by atoms with Crippen LogP contribution in [0.3, 0.4) is 0 Å². The molecule has 7 heteroatoms. The van der Waals surface area contributed by atoms with Crippen LogP contribution in [-0.4, -0.2) is 25.7 Å². The first-order valence-corrected chi connectivity index (χ1v) is 8.56. The van der Waals surface area contributed by atoms with Crippen LogP contribution < -0.4 is 10.1 Å². The highest BCUT2D eigenvalue weighted by Gasteiger charge is 2.25. The number of carbonyl (C=O) groups excluding carboxylic acids is 1. The van der Waals surface area contributed by atoms with Gasteiger partial charge in [0.25, 0.3) is 0 Å². The van der Waals surface area contributed by atoms with Crippen molar-refractivity contribution < 1.29 is 18.7 Å². The Morgan fingerprint density at radius 1 is 1.27 bits per heavy atom. The lowest BCUT2D eigenvalue weighted by Crippen LogP contribution is -2.31. The van der Waals surface area contributed by atoms with E-state index in [0.717, 1.165) is 29.7 Å². The fraction of sp³-hybridized carbons (Fsp3) is 0.316. The average Bonchev–Trinajstić information content (AvgIpc) is 2.60. The molecule has 1 N–H and O–H groups in total. The van der Waals surface area contributed by atoms with Crippen molar-refractivity contribution in [3.8, 4) is 5.75 Å². The second kappa shape index (κ2) is 9.21. The Morgan fingerprint density at radius 3 is 2.85 bits per heavy atom. The van der Waals surface area contributed by atoms with Gasteiger partial charge in [-0.05, 0) is 54.8 Å².